The third-order valence-electron chi connectivity index (χ3n) is 2.47. The molecule has 0 aliphatic carbocycles. The summed E-state index contributed by atoms with van der Waals surface area (Å²) in [5.41, 5.74) is 0. The van der Waals surface area contributed by atoms with Crippen LogP contribution in [0.15, 0.2) is 0 Å². The first-order valence-electron chi connectivity index (χ1n) is 5.61. The van der Waals surface area contributed by atoms with E-state index < -0.39 is 24.2 Å². The smallest absolute Gasteiger partial charge is 0.131 e. The summed E-state index contributed by atoms with van der Waals surface area (Å²) >= 11 is 0. The standard InChI is InChI=1S/C11H23NO5/c1-8(14)7-17-9(6-13)5-10(11(15)16)12(2,3)4/h8-10,13-14H,5-7H2,1-4H3. The van der Waals surface area contributed by atoms with Crippen molar-refractivity contribution in [3.63, 3.8) is 0 Å². The van der Waals surface area contributed by atoms with Gasteiger partial charge in [0.05, 0.1) is 52.5 Å². The van der Waals surface area contributed by atoms with Crippen molar-refractivity contribution < 1.29 is 29.3 Å². The number of hydrogen-bond acceptors (Lipinski definition) is 5. The van der Waals surface area contributed by atoms with Crippen molar-refractivity contribution in [2.45, 2.75) is 31.6 Å². The molecular weight excluding hydrogens is 226 g/mol. The number of carbonyl (C=O) groups excluding carboxylic acids is 1. The molecule has 0 aromatic rings. The van der Waals surface area contributed by atoms with Gasteiger partial charge in [0.2, 0.25) is 0 Å². The Morgan fingerprint density at radius 3 is 2.24 bits per heavy atom. The van der Waals surface area contributed by atoms with Crippen LogP contribution in [0.25, 0.3) is 0 Å². The molecule has 0 fully saturated rings. The Labute approximate surface area is 102 Å². The summed E-state index contributed by atoms with van der Waals surface area (Å²) < 4.78 is 5.42. The van der Waals surface area contributed by atoms with Crippen LogP contribution < -0.4 is 5.11 Å². The number of likely N-dealkylation sites (N-methyl/N-ethyl adjacent to an activating group) is 1. The molecule has 0 amide bonds. The molecule has 0 spiro atoms. The van der Waals surface area contributed by atoms with Gasteiger partial charge < -0.3 is 29.3 Å². The number of carboxylic acid groups (broad SMARTS) is 1. The number of hydrogen-bond donors (Lipinski definition) is 2. The van der Waals surface area contributed by atoms with Crippen molar-refractivity contribution in [3.8, 4) is 0 Å². The third kappa shape index (κ3) is 6.58. The van der Waals surface area contributed by atoms with Gasteiger partial charge in [-0.05, 0) is 6.92 Å². The predicted octanol–water partition coefficient (Wildman–Crippen LogP) is -2.04. The fraction of sp³-hybridized carbons (Fsp3) is 0.909. The van der Waals surface area contributed by atoms with Crippen LogP contribution in [0.4, 0.5) is 0 Å². The van der Waals surface area contributed by atoms with Crippen molar-refractivity contribution in [1.82, 2.24) is 0 Å². The van der Waals surface area contributed by atoms with Crippen molar-refractivity contribution >= 4 is 5.97 Å². The van der Waals surface area contributed by atoms with Crippen LogP contribution in [0.3, 0.4) is 0 Å². The van der Waals surface area contributed by atoms with Crippen LogP contribution in [0, 0.1) is 0 Å². The monoisotopic (exact) mass is 249 g/mol. The number of rotatable bonds is 8. The van der Waals surface area contributed by atoms with E-state index in [0.717, 1.165) is 0 Å². The Balaban J connectivity index is 4.45. The first-order chi connectivity index (χ1) is 7.68. The molecule has 0 saturated carbocycles. The Bertz CT molecular complexity index is 237. The Morgan fingerprint density at radius 2 is 1.94 bits per heavy atom. The minimum atomic E-state index is -1.17. The minimum Gasteiger partial charge on any atom is -0.544 e. The van der Waals surface area contributed by atoms with E-state index in [1.54, 1.807) is 28.1 Å². The second-order valence-corrected chi connectivity index (χ2v) is 5.17. The molecule has 102 valence electrons. The summed E-state index contributed by atoms with van der Waals surface area (Å²) in [6.07, 6.45) is -1.10. The zero-order valence-electron chi connectivity index (χ0n) is 10.9. The van der Waals surface area contributed by atoms with E-state index in [2.05, 4.69) is 0 Å². The van der Waals surface area contributed by atoms with E-state index in [0.29, 0.717) is 0 Å². The topological polar surface area (TPSA) is 89.8 Å². The quantitative estimate of drug-likeness (QED) is 0.484. The fourth-order valence-electron chi connectivity index (χ4n) is 1.45. The Hall–Kier alpha value is -0.690. The molecule has 0 saturated heterocycles. The highest BCUT2D eigenvalue weighted by atomic mass is 16.5. The van der Waals surface area contributed by atoms with E-state index in [1.807, 2.05) is 0 Å². The van der Waals surface area contributed by atoms with E-state index in [-0.39, 0.29) is 24.1 Å². The van der Waals surface area contributed by atoms with Crippen molar-refractivity contribution in [1.29, 1.82) is 0 Å². The molecule has 3 unspecified atom stereocenters. The number of quaternary nitrogens is 1. The third-order valence-corrected chi connectivity index (χ3v) is 2.47. The van der Waals surface area contributed by atoms with Gasteiger partial charge in [-0.1, -0.05) is 0 Å². The highest BCUT2D eigenvalue weighted by Gasteiger charge is 2.28. The van der Waals surface area contributed by atoms with Gasteiger partial charge >= 0.3 is 0 Å². The largest absolute Gasteiger partial charge is 0.544 e. The molecule has 6 heteroatoms. The molecule has 3 atom stereocenters. The van der Waals surface area contributed by atoms with Crippen LogP contribution in [-0.4, -0.2) is 73.3 Å². The first-order valence-corrected chi connectivity index (χ1v) is 5.61. The maximum atomic E-state index is 11.0. The molecule has 0 aliphatic rings. The molecule has 6 nitrogen and oxygen atoms in total. The van der Waals surface area contributed by atoms with Crippen LogP contribution in [0.5, 0.6) is 0 Å². The number of carbonyl (C=O) groups is 1. The number of nitrogens with zero attached hydrogens (tertiary/aromatic N) is 1. The van der Waals surface area contributed by atoms with Gasteiger partial charge in [0.25, 0.3) is 0 Å². The minimum absolute atomic E-state index is 0.0716. The van der Waals surface area contributed by atoms with Gasteiger partial charge in [0, 0.05) is 6.42 Å². The maximum absolute atomic E-state index is 11.0. The van der Waals surface area contributed by atoms with E-state index in [4.69, 9.17) is 14.9 Å². The first kappa shape index (κ1) is 16.3. The number of carboxylic acids is 1. The highest BCUT2D eigenvalue weighted by molar-refractivity contribution is 5.69. The molecule has 0 radical (unpaired) electrons. The van der Waals surface area contributed by atoms with E-state index >= 15 is 0 Å². The number of aliphatic hydroxyl groups excluding tert-OH is 2. The van der Waals surface area contributed by atoms with Crippen LogP contribution >= 0.6 is 0 Å². The van der Waals surface area contributed by atoms with Gasteiger partial charge in [0.1, 0.15) is 6.04 Å². The summed E-state index contributed by atoms with van der Waals surface area (Å²) in [6, 6.07) is -0.763. The summed E-state index contributed by atoms with van der Waals surface area (Å²) in [5, 5.41) is 29.2. The van der Waals surface area contributed by atoms with E-state index in [9.17, 15) is 9.90 Å². The highest BCUT2D eigenvalue weighted by Crippen LogP contribution is 2.12. The molecule has 0 aromatic carbocycles. The van der Waals surface area contributed by atoms with Crippen molar-refractivity contribution in [2.75, 3.05) is 34.4 Å². The average Bonchev–Trinajstić information content (AvgIpc) is 2.15. The fourth-order valence-corrected chi connectivity index (χ4v) is 1.45. The molecule has 0 aromatic heterocycles. The lowest BCUT2D eigenvalue weighted by Gasteiger charge is -2.36. The van der Waals surface area contributed by atoms with Crippen LogP contribution in [0.2, 0.25) is 0 Å². The second-order valence-electron chi connectivity index (χ2n) is 5.17. The van der Waals surface area contributed by atoms with Gasteiger partial charge in [0.15, 0.2) is 0 Å². The number of aliphatic carboxylic acids is 1. The molecule has 2 N–H and O–H groups in total. The second kappa shape index (κ2) is 6.90. The lowest BCUT2D eigenvalue weighted by molar-refractivity contribution is -0.890. The van der Waals surface area contributed by atoms with Crippen LogP contribution in [0.1, 0.15) is 13.3 Å². The SMILES string of the molecule is CC(O)COC(CO)CC(C(=O)[O-])[N+](C)(C)C. The molecule has 0 aliphatic heterocycles. The zero-order valence-corrected chi connectivity index (χ0v) is 10.9. The summed E-state index contributed by atoms with van der Waals surface area (Å²) in [7, 11) is 5.22. The van der Waals surface area contributed by atoms with Gasteiger partial charge in [-0.3, -0.25) is 0 Å². The molecule has 0 bridgehead atoms. The molecular formula is C11H23NO5. The summed E-state index contributed by atoms with van der Waals surface area (Å²) in [6.45, 7) is 1.35. The van der Waals surface area contributed by atoms with Gasteiger partial charge in [-0.25, -0.2) is 0 Å². The van der Waals surface area contributed by atoms with Crippen molar-refractivity contribution in [2.24, 2.45) is 0 Å². The zero-order chi connectivity index (χ0) is 13.6. The Morgan fingerprint density at radius 1 is 1.41 bits per heavy atom. The molecule has 17 heavy (non-hydrogen) atoms. The molecule has 0 rings (SSSR count). The number of aliphatic hydroxyl groups is 2. The Kier molecular flexibility index (Phi) is 6.62. The maximum Gasteiger partial charge on any atom is 0.131 e. The summed E-state index contributed by atoms with van der Waals surface area (Å²) in [4.78, 5) is 11.0. The van der Waals surface area contributed by atoms with Crippen LogP contribution in [-0.2, 0) is 9.53 Å². The summed E-state index contributed by atoms with van der Waals surface area (Å²) in [5.74, 6) is -1.17. The average molecular weight is 249 g/mol. The number of ether oxygens (including phenoxy) is 1. The van der Waals surface area contributed by atoms with E-state index in [1.165, 1.54) is 0 Å². The lowest BCUT2D eigenvalue weighted by atomic mass is 10.1. The van der Waals surface area contributed by atoms with Gasteiger partial charge in [-0.15, -0.1) is 0 Å². The lowest BCUT2D eigenvalue weighted by Crippen LogP contribution is -2.56. The predicted molar refractivity (Wildman–Crippen MR) is 60.0 cm³/mol. The molecule has 0 heterocycles. The van der Waals surface area contributed by atoms with Gasteiger partial charge in [-0.2, -0.15) is 0 Å². The van der Waals surface area contributed by atoms with Crippen molar-refractivity contribution in [3.05, 3.63) is 0 Å². The normalized spacial score (nSPS) is 17.5.